The van der Waals surface area contributed by atoms with Gasteiger partial charge in [-0.3, -0.25) is 20.4 Å². The van der Waals surface area contributed by atoms with E-state index in [1.165, 1.54) is 11.8 Å². The molecule has 0 bridgehead atoms. The van der Waals surface area contributed by atoms with Crippen LogP contribution in [0, 0.1) is 5.92 Å². The van der Waals surface area contributed by atoms with Crippen molar-refractivity contribution in [1.29, 1.82) is 0 Å². The highest BCUT2D eigenvalue weighted by molar-refractivity contribution is 7.99. The van der Waals surface area contributed by atoms with Crippen molar-refractivity contribution in [2.45, 2.75) is 31.5 Å². The summed E-state index contributed by atoms with van der Waals surface area (Å²) in [5.74, 6) is 0.0390. The third-order valence-electron chi connectivity index (χ3n) is 4.25. The lowest BCUT2D eigenvalue weighted by atomic mass is 10.1. The number of rotatable bonds is 7. The number of carbonyl (C=O) groups excluding carboxylic acids is 2. The first-order chi connectivity index (χ1) is 13.4. The zero-order valence-electron chi connectivity index (χ0n) is 15.3. The van der Waals surface area contributed by atoms with E-state index < -0.39 is 15.7 Å². The third-order valence-corrected chi connectivity index (χ3v) is 7.92. The highest BCUT2D eigenvalue weighted by atomic mass is 32.2. The van der Waals surface area contributed by atoms with Crippen LogP contribution in [0.3, 0.4) is 0 Å². The third kappa shape index (κ3) is 5.32. The summed E-state index contributed by atoms with van der Waals surface area (Å²) < 4.78 is 24.8. The Morgan fingerprint density at radius 3 is 2.75 bits per heavy atom. The van der Waals surface area contributed by atoms with Crippen LogP contribution in [-0.2, 0) is 26.0 Å². The fourth-order valence-corrected chi connectivity index (χ4v) is 6.30. The number of hydrogen-bond acceptors (Lipinski definition) is 8. The van der Waals surface area contributed by atoms with E-state index >= 15 is 0 Å². The summed E-state index contributed by atoms with van der Waals surface area (Å²) in [6, 6.07) is 3.91. The molecule has 12 heteroatoms. The summed E-state index contributed by atoms with van der Waals surface area (Å²) in [7, 11) is -3.02. The van der Waals surface area contributed by atoms with Crippen LogP contribution in [0.5, 0.6) is 0 Å². The molecule has 28 heavy (non-hydrogen) atoms. The molecule has 1 aliphatic heterocycles. The van der Waals surface area contributed by atoms with Gasteiger partial charge in [-0.1, -0.05) is 17.8 Å². The van der Waals surface area contributed by atoms with Gasteiger partial charge in [0, 0.05) is 13.0 Å². The molecule has 9 nitrogen and oxygen atoms in total. The van der Waals surface area contributed by atoms with E-state index in [0.717, 1.165) is 10.7 Å². The van der Waals surface area contributed by atoms with Crippen LogP contribution in [-0.4, -0.2) is 52.3 Å². The van der Waals surface area contributed by atoms with Crippen molar-refractivity contribution in [3.8, 4) is 10.7 Å². The number of hydrazine groups is 1. The van der Waals surface area contributed by atoms with Crippen molar-refractivity contribution in [2.24, 2.45) is 5.92 Å². The van der Waals surface area contributed by atoms with Crippen molar-refractivity contribution >= 4 is 44.8 Å². The Bertz CT molecular complexity index is 940. The van der Waals surface area contributed by atoms with Gasteiger partial charge in [-0.2, -0.15) is 0 Å². The zero-order chi connectivity index (χ0) is 20.1. The predicted molar refractivity (Wildman–Crippen MR) is 107 cm³/mol. The largest absolute Gasteiger partial charge is 0.302 e. The summed E-state index contributed by atoms with van der Waals surface area (Å²) in [5, 5.41) is 10.9. The van der Waals surface area contributed by atoms with Gasteiger partial charge in [0.25, 0.3) is 0 Å². The van der Waals surface area contributed by atoms with Crippen LogP contribution in [0.15, 0.2) is 22.7 Å². The van der Waals surface area contributed by atoms with E-state index in [4.69, 9.17) is 0 Å². The van der Waals surface area contributed by atoms with Crippen molar-refractivity contribution < 1.29 is 18.0 Å². The number of thiophene rings is 1. The van der Waals surface area contributed by atoms with Gasteiger partial charge in [0.2, 0.25) is 11.8 Å². The molecule has 1 atom stereocenters. The van der Waals surface area contributed by atoms with Gasteiger partial charge >= 0.3 is 0 Å². The maximum atomic E-state index is 12.0. The molecule has 2 N–H and O–H groups in total. The molecule has 1 saturated heterocycles. The van der Waals surface area contributed by atoms with Crippen LogP contribution in [0.4, 0.5) is 0 Å². The lowest BCUT2D eigenvalue weighted by Crippen LogP contribution is -2.43. The minimum Gasteiger partial charge on any atom is -0.302 e. The Balaban J connectivity index is 1.45. The normalized spacial score (nSPS) is 18.1. The summed E-state index contributed by atoms with van der Waals surface area (Å²) in [4.78, 5) is 24.9. The van der Waals surface area contributed by atoms with E-state index in [9.17, 15) is 18.0 Å². The van der Waals surface area contributed by atoms with Crippen LogP contribution >= 0.6 is 23.1 Å². The monoisotopic (exact) mass is 443 g/mol. The Labute approximate surface area is 171 Å². The fourth-order valence-electron chi connectivity index (χ4n) is 2.92. The first kappa shape index (κ1) is 20.8. The van der Waals surface area contributed by atoms with Gasteiger partial charge in [-0.05, 0) is 30.7 Å². The number of nitrogens with one attached hydrogen (secondary N) is 2. The lowest BCUT2D eigenvalue weighted by molar-refractivity contribution is -0.128. The van der Waals surface area contributed by atoms with E-state index in [-0.39, 0.29) is 35.5 Å². The number of amides is 2. The second-order valence-corrected chi connectivity index (χ2v) is 10.5. The van der Waals surface area contributed by atoms with Gasteiger partial charge in [-0.25, -0.2) is 8.42 Å². The van der Waals surface area contributed by atoms with E-state index in [1.807, 2.05) is 29.0 Å². The molecule has 1 fully saturated rings. The Morgan fingerprint density at radius 2 is 2.11 bits per heavy atom. The minimum absolute atomic E-state index is 0.0312. The number of nitrogens with zero attached hydrogens (tertiary/aromatic N) is 3. The highest BCUT2D eigenvalue weighted by Crippen LogP contribution is 2.27. The average molecular weight is 444 g/mol. The molecule has 152 valence electrons. The van der Waals surface area contributed by atoms with Gasteiger partial charge in [0.15, 0.2) is 20.8 Å². The summed E-state index contributed by atoms with van der Waals surface area (Å²) >= 11 is 2.80. The molecule has 0 aromatic carbocycles. The Kier molecular flexibility index (Phi) is 6.73. The van der Waals surface area contributed by atoms with Crippen molar-refractivity contribution in [3.05, 3.63) is 17.5 Å². The van der Waals surface area contributed by atoms with Gasteiger partial charge < -0.3 is 4.57 Å². The average Bonchev–Trinajstić information content (AvgIpc) is 3.37. The van der Waals surface area contributed by atoms with Crippen molar-refractivity contribution in [3.63, 3.8) is 0 Å². The Hall–Kier alpha value is -1.92. The maximum Gasteiger partial charge on any atom is 0.248 e. The molecule has 2 aromatic heterocycles. The number of sulfone groups is 1. The minimum atomic E-state index is -3.02. The molecule has 1 unspecified atom stereocenters. The molecule has 3 heterocycles. The molecule has 1 aliphatic rings. The number of thioether (sulfide) groups is 1. The zero-order valence-corrected chi connectivity index (χ0v) is 17.7. The lowest BCUT2D eigenvalue weighted by Gasteiger charge is -2.10. The quantitative estimate of drug-likeness (QED) is 0.485. The molecular weight excluding hydrogens is 422 g/mol. The molecule has 0 spiro atoms. The van der Waals surface area contributed by atoms with Gasteiger partial charge in [0.1, 0.15) is 0 Å². The van der Waals surface area contributed by atoms with Gasteiger partial charge in [-0.15, -0.1) is 21.5 Å². The molecule has 2 amide bonds. The first-order valence-electron chi connectivity index (χ1n) is 8.76. The smallest absolute Gasteiger partial charge is 0.248 e. The predicted octanol–water partition coefficient (Wildman–Crippen LogP) is 1.09. The first-order valence-corrected chi connectivity index (χ1v) is 12.4. The topological polar surface area (TPSA) is 123 Å². The molecular formula is C16H21N5O4S3. The summed E-state index contributed by atoms with van der Waals surface area (Å²) in [6.07, 6.45) is 0.569. The molecule has 2 aromatic rings. The van der Waals surface area contributed by atoms with E-state index in [1.54, 1.807) is 11.3 Å². The van der Waals surface area contributed by atoms with Crippen LogP contribution in [0.2, 0.25) is 0 Å². The van der Waals surface area contributed by atoms with Crippen molar-refractivity contribution in [1.82, 2.24) is 25.6 Å². The van der Waals surface area contributed by atoms with E-state index in [2.05, 4.69) is 21.0 Å². The Morgan fingerprint density at radius 1 is 1.32 bits per heavy atom. The van der Waals surface area contributed by atoms with Crippen LogP contribution in [0.1, 0.15) is 19.8 Å². The SMILES string of the molecule is CCn1c(SCC(=O)NNC(=O)CC2CCS(=O)(=O)C2)nnc1-c1cccs1. The molecule has 0 saturated carbocycles. The summed E-state index contributed by atoms with van der Waals surface area (Å²) in [5.41, 5.74) is 4.70. The molecule has 0 aliphatic carbocycles. The number of hydrogen-bond donors (Lipinski definition) is 2. The summed E-state index contributed by atoms with van der Waals surface area (Å²) in [6.45, 7) is 2.65. The van der Waals surface area contributed by atoms with Crippen molar-refractivity contribution in [2.75, 3.05) is 17.3 Å². The van der Waals surface area contributed by atoms with Crippen LogP contribution < -0.4 is 10.9 Å². The second-order valence-electron chi connectivity index (χ2n) is 6.39. The van der Waals surface area contributed by atoms with Crippen LogP contribution in [0.25, 0.3) is 10.7 Å². The highest BCUT2D eigenvalue weighted by Gasteiger charge is 2.29. The number of carbonyl (C=O) groups is 2. The maximum absolute atomic E-state index is 12.0. The molecule has 3 rings (SSSR count). The molecule has 0 radical (unpaired) electrons. The fraction of sp³-hybridized carbons (Fsp3) is 0.500. The standard InChI is InChI=1S/C16H21N5O4S3/c1-2-21-15(12-4-3-6-26-12)19-20-16(21)27-9-14(23)18-17-13(22)8-11-5-7-28(24,25)10-11/h3-4,6,11H,2,5,7-10H2,1H3,(H,17,22)(H,18,23). The number of aromatic nitrogens is 3. The second kappa shape index (κ2) is 9.05. The van der Waals surface area contributed by atoms with E-state index in [0.29, 0.717) is 18.1 Å². The van der Waals surface area contributed by atoms with Gasteiger partial charge in [0.05, 0.1) is 22.1 Å².